The highest BCUT2D eigenvalue weighted by Crippen LogP contribution is 2.33. The summed E-state index contributed by atoms with van der Waals surface area (Å²) in [7, 11) is 1.42. The van der Waals surface area contributed by atoms with Crippen LogP contribution >= 0.6 is 0 Å². The minimum Gasteiger partial charge on any atom is -0.460 e. The summed E-state index contributed by atoms with van der Waals surface area (Å²) in [6, 6.07) is 0.129. The van der Waals surface area contributed by atoms with Crippen LogP contribution in [-0.4, -0.2) is 67.1 Å². The van der Waals surface area contributed by atoms with Crippen molar-refractivity contribution in [3.8, 4) is 6.01 Å². The van der Waals surface area contributed by atoms with Gasteiger partial charge in [0, 0.05) is 7.05 Å². The van der Waals surface area contributed by atoms with Crippen molar-refractivity contribution in [1.82, 2.24) is 24.8 Å². The molecule has 5 N–H and O–H groups in total. The molecule has 2 aromatic rings. The van der Waals surface area contributed by atoms with Gasteiger partial charge >= 0.3 is 6.01 Å². The number of amides is 1. The van der Waals surface area contributed by atoms with Crippen molar-refractivity contribution in [2.45, 2.75) is 56.3 Å². The fraction of sp³-hybridized carbons (Fsp3) is 0.625. The number of aliphatic hydroxyl groups is 2. The van der Waals surface area contributed by atoms with Crippen LogP contribution < -0.4 is 15.8 Å². The highest BCUT2D eigenvalue weighted by Gasteiger charge is 2.47. The molecule has 27 heavy (non-hydrogen) atoms. The number of carbonyl (C=O) groups is 1. The molecule has 1 amide bonds. The molecule has 3 heterocycles. The van der Waals surface area contributed by atoms with Crippen LogP contribution in [0.4, 0.5) is 5.82 Å². The van der Waals surface area contributed by atoms with Crippen LogP contribution in [0, 0.1) is 0 Å². The summed E-state index contributed by atoms with van der Waals surface area (Å²) in [6.45, 7) is 0. The molecule has 0 spiro atoms. The van der Waals surface area contributed by atoms with Crippen molar-refractivity contribution < 1.29 is 24.5 Å². The lowest BCUT2D eigenvalue weighted by atomic mass is 10.1. The first-order valence-electron chi connectivity index (χ1n) is 8.89. The number of imidazole rings is 1. The Hall–Kier alpha value is -2.50. The van der Waals surface area contributed by atoms with Gasteiger partial charge in [-0.15, -0.1) is 0 Å². The second kappa shape index (κ2) is 6.91. The molecule has 1 aliphatic heterocycles. The Labute approximate surface area is 154 Å². The fourth-order valence-electron chi connectivity index (χ4n) is 3.56. The minimum absolute atomic E-state index is 0.0472. The number of nitrogens with one attached hydrogen (secondary N) is 1. The molecule has 1 aliphatic carbocycles. The predicted molar refractivity (Wildman–Crippen MR) is 92.6 cm³/mol. The third-order valence-electron chi connectivity index (χ3n) is 5.02. The first kappa shape index (κ1) is 17.9. The number of hydrogen-bond donors (Lipinski definition) is 4. The number of ether oxygens (including phenoxy) is 2. The average Bonchev–Trinajstić information content (AvgIpc) is 3.36. The lowest BCUT2D eigenvalue weighted by Gasteiger charge is -2.17. The topological polar surface area (TPSA) is 158 Å². The number of nitrogen functional groups attached to an aromatic ring is 1. The van der Waals surface area contributed by atoms with E-state index in [0.29, 0.717) is 11.2 Å². The summed E-state index contributed by atoms with van der Waals surface area (Å²) in [5.41, 5.74) is 6.60. The summed E-state index contributed by atoms with van der Waals surface area (Å²) in [4.78, 5) is 24.5. The van der Waals surface area contributed by atoms with E-state index >= 15 is 0 Å². The van der Waals surface area contributed by atoms with Gasteiger partial charge < -0.3 is 30.7 Å². The number of rotatable bonds is 4. The Bertz CT molecular complexity index is 851. The van der Waals surface area contributed by atoms with Crippen LogP contribution in [0.25, 0.3) is 11.2 Å². The maximum atomic E-state index is 11.9. The SMILES string of the molecule is CNC(=O)[C@H]1O[C@@H](n2cnc3c(N)nc(OC4CCCC4)nc32)[C@H](O)[C@@H]1O. The first-order chi connectivity index (χ1) is 13.0. The second-order valence-electron chi connectivity index (χ2n) is 6.78. The maximum Gasteiger partial charge on any atom is 0.320 e. The predicted octanol–water partition coefficient (Wildman–Crippen LogP) is -0.905. The zero-order chi connectivity index (χ0) is 19.1. The van der Waals surface area contributed by atoms with E-state index in [-0.39, 0.29) is 17.9 Å². The Morgan fingerprint density at radius 3 is 2.78 bits per heavy atom. The number of anilines is 1. The molecule has 11 nitrogen and oxygen atoms in total. The molecule has 4 rings (SSSR count). The molecule has 2 aromatic heterocycles. The van der Waals surface area contributed by atoms with Crippen LogP contribution in [-0.2, 0) is 9.53 Å². The van der Waals surface area contributed by atoms with Gasteiger partial charge in [0.2, 0.25) is 0 Å². The van der Waals surface area contributed by atoms with E-state index in [1.807, 2.05) is 0 Å². The molecule has 1 saturated carbocycles. The van der Waals surface area contributed by atoms with Crippen molar-refractivity contribution in [3.63, 3.8) is 0 Å². The van der Waals surface area contributed by atoms with Crippen LogP contribution in [0.2, 0.25) is 0 Å². The molecule has 2 fully saturated rings. The Morgan fingerprint density at radius 1 is 1.33 bits per heavy atom. The normalized spacial score (nSPS) is 28.7. The zero-order valence-electron chi connectivity index (χ0n) is 14.8. The van der Waals surface area contributed by atoms with E-state index in [1.165, 1.54) is 17.9 Å². The molecule has 2 aliphatic rings. The number of fused-ring (bicyclic) bond motifs is 1. The van der Waals surface area contributed by atoms with Gasteiger partial charge in [-0.2, -0.15) is 9.97 Å². The monoisotopic (exact) mass is 378 g/mol. The van der Waals surface area contributed by atoms with Gasteiger partial charge in [-0.1, -0.05) is 0 Å². The highest BCUT2D eigenvalue weighted by atomic mass is 16.6. The zero-order valence-corrected chi connectivity index (χ0v) is 14.8. The molecule has 11 heteroatoms. The van der Waals surface area contributed by atoms with Crippen molar-refractivity contribution >= 4 is 22.9 Å². The summed E-state index contributed by atoms with van der Waals surface area (Å²) < 4.78 is 12.8. The largest absolute Gasteiger partial charge is 0.460 e. The van der Waals surface area contributed by atoms with Gasteiger partial charge in [0.15, 0.2) is 29.3 Å². The molecule has 4 atom stereocenters. The lowest BCUT2D eigenvalue weighted by Crippen LogP contribution is -2.41. The molecule has 1 saturated heterocycles. The average molecular weight is 378 g/mol. The van der Waals surface area contributed by atoms with Gasteiger partial charge in [-0.05, 0) is 25.7 Å². The highest BCUT2D eigenvalue weighted by molar-refractivity contribution is 5.83. The number of likely N-dealkylation sites (N-methyl/N-ethyl adjacent to an activating group) is 1. The van der Waals surface area contributed by atoms with E-state index in [2.05, 4.69) is 20.3 Å². The quantitative estimate of drug-likeness (QED) is 0.529. The number of nitrogens with zero attached hydrogens (tertiary/aromatic N) is 4. The summed E-state index contributed by atoms with van der Waals surface area (Å²) in [5, 5.41) is 22.9. The molecule has 0 aromatic carbocycles. The molecule has 0 bridgehead atoms. The fourth-order valence-corrected chi connectivity index (χ4v) is 3.56. The van der Waals surface area contributed by atoms with Crippen molar-refractivity contribution in [2.75, 3.05) is 12.8 Å². The number of carbonyl (C=O) groups excluding carboxylic acids is 1. The Morgan fingerprint density at radius 2 is 2.07 bits per heavy atom. The van der Waals surface area contributed by atoms with E-state index in [4.69, 9.17) is 15.2 Å². The minimum atomic E-state index is -1.39. The maximum absolute atomic E-state index is 11.9. The van der Waals surface area contributed by atoms with E-state index in [1.54, 1.807) is 0 Å². The van der Waals surface area contributed by atoms with Gasteiger partial charge in [0.25, 0.3) is 5.91 Å². The van der Waals surface area contributed by atoms with Crippen LogP contribution in [0.3, 0.4) is 0 Å². The summed E-state index contributed by atoms with van der Waals surface area (Å²) in [5.74, 6) is -0.393. The van der Waals surface area contributed by atoms with E-state index < -0.39 is 30.4 Å². The molecular formula is C16H22N6O5. The van der Waals surface area contributed by atoms with Gasteiger partial charge in [0.1, 0.15) is 18.3 Å². The number of aliphatic hydroxyl groups excluding tert-OH is 2. The molecular weight excluding hydrogens is 356 g/mol. The standard InChI is InChI=1S/C16H22N6O5/c1-18-14(25)11-9(23)10(24)15(27-11)22-6-19-8-12(17)20-16(21-13(8)22)26-7-4-2-3-5-7/h6-7,9-11,15,23-24H,2-5H2,1H3,(H,18,25)(H2,17,20,21)/t9-,10+,11-,15+/m0/s1. The van der Waals surface area contributed by atoms with Crippen LogP contribution in [0.15, 0.2) is 6.33 Å². The van der Waals surface area contributed by atoms with Crippen molar-refractivity contribution in [1.29, 1.82) is 0 Å². The van der Waals surface area contributed by atoms with E-state index in [0.717, 1.165) is 25.7 Å². The molecule has 146 valence electrons. The van der Waals surface area contributed by atoms with Crippen LogP contribution in [0.1, 0.15) is 31.9 Å². The molecule has 0 radical (unpaired) electrons. The lowest BCUT2D eigenvalue weighted by molar-refractivity contribution is -0.137. The van der Waals surface area contributed by atoms with Gasteiger partial charge in [-0.25, -0.2) is 4.98 Å². The number of nitrogens with two attached hydrogens (primary N) is 1. The summed E-state index contributed by atoms with van der Waals surface area (Å²) in [6.07, 6.45) is 0.494. The van der Waals surface area contributed by atoms with Crippen molar-refractivity contribution in [3.05, 3.63) is 6.33 Å². The van der Waals surface area contributed by atoms with Gasteiger partial charge in [-0.3, -0.25) is 9.36 Å². The third-order valence-corrected chi connectivity index (χ3v) is 5.02. The molecule has 0 unspecified atom stereocenters. The third kappa shape index (κ3) is 3.07. The first-order valence-corrected chi connectivity index (χ1v) is 8.89. The van der Waals surface area contributed by atoms with Crippen molar-refractivity contribution in [2.24, 2.45) is 0 Å². The van der Waals surface area contributed by atoms with Crippen LogP contribution in [0.5, 0.6) is 6.01 Å². The Balaban J connectivity index is 1.67. The number of hydrogen-bond acceptors (Lipinski definition) is 9. The number of aromatic nitrogens is 4. The second-order valence-corrected chi connectivity index (χ2v) is 6.78. The van der Waals surface area contributed by atoms with E-state index in [9.17, 15) is 15.0 Å². The van der Waals surface area contributed by atoms with Gasteiger partial charge in [0.05, 0.1) is 6.33 Å². The Kier molecular flexibility index (Phi) is 4.58. The smallest absolute Gasteiger partial charge is 0.320 e. The summed E-state index contributed by atoms with van der Waals surface area (Å²) >= 11 is 0.